The third kappa shape index (κ3) is 4.40. The van der Waals surface area contributed by atoms with Crippen LogP contribution in [0, 0.1) is 11.3 Å². The molecule has 5 nitrogen and oxygen atoms in total. The van der Waals surface area contributed by atoms with Gasteiger partial charge in [0.2, 0.25) is 11.8 Å². The number of carbonyl (C=O) groups is 2. The molecule has 1 saturated heterocycles. The van der Waals surface area contributed by atoms with Crippen molar-refractivity contribution in [3.05, 3.63) is 54.4 Å². The third-order valence-electron chi connectivity index (χ3n) is 7.01. The Morgan fingerprint density at radius 2 is 1.83 bits per heavy atom. The summed E-state index contributed by atoms with van der Waals surface area (Å²) in [5.74, 6) is 0.565. The molecule has 2 amide bonds. The number of nitrogens with zero attached hydrogens (tertiary/aromatic N) is 2. The Balaban J connectivity index is 1.48. The number of amides is 2. The van der Waals surface area contributed by atoms with E-state index in [9.17, 15) is 9.59 Å². The van der Waals surface area contributed by atoms with E-state index in [4.69, 9.17) is 5.73 Å². The largest absolute Gasteiger partial charge is 0.369 e. The molecule has 2 aliphatic rings. The van der Waals surface area contributed by atoms with Crippen molar-refractivity contribution in [2.45, 2.75) is 51.4 Å². The number of likely N-dealkylation sites (tertiary alicyclic amines) is 1. The molecule has 1 aliphatic carbocycles. The van der Waals surface area contributed by atoms with Crippen molar-refractivity contribution in [1.29, 1.82) is 0 Å². The van der Waals surface area contributed by atoms with Crippen LogP contribution in [0.5, 0.6) is 0 Å². The summed E-state index contributed by atoms with van der Waals surface area (Å²) in [6.45, 7) is 1.04. The van der Waals surface area contributed by atoms with Gasteiger partial charge in [0.1, 0.15) is 0 Å². The quantitative estimate of drug-likeness (QED) is 0.757. The van der Waals surface area contributed by atoms with E-state index in [2.05, 4.69) is 17.1 Å². The maximum atomic E-state index is 12.8. The van der Waals surface area contributed by atoms with Crippen LogP contribution in [0.4, 0.5) is 0 Å². The first-order valence-corrected chi connectivity index (χ1v) is 11.1. The highest BCUT2D eigenvalue weighted by molar-refractivity contribution is 5.85. The zero-order chi connectivity index (χ0) is 21.0. The fourth-order valence-corrected chi connectivity index (χ4v) is 5.15. The number of carbonyl (C=O) groups excluding carboxylic acids is 2. The average molecular weight is 406 g/mol. The van der Waals surface area contributed by atoms with Crippen molar-refractivity contribution in [2.24, 2.45) is 17.1 Å². The van der Waals surface area contributed by atoms with Gasteiger partial charge in [0.15, 0.2) is 0 Å². The second-order valence-corrected chi connectivity index (χ2v) is 8.97. The predicted octanol–water partition coefficient (Wildman–Crippen LogP) is 3.97. The van der Waals surface area contributed by atoms with Gasteiger partial charge in [-0.05, 0) is 54.0 Å². The summed E-state index contributed by atoms with van der Waals surface area (Å²) in [5.41, 5.74) is 8.46. The topological polar surface area (TPSA) is 76.3 Å². The van der Waals surface area contributed by atoms with Gasteiger partial charge >= 0.3 is 0 Å². The molecule has 0 spiro atoms. The van der Waals surface area contributed by atoms with Crippen LogP contribution in [0.3, 0.4) is 0 Å². The number of hydrogen-bond acceptors (Lipinski definition) is 3. The van der Waals surface area contributed by atoms with Gasteiger partial charge in [0.05, 0.1) is 5.41 Å². The molecule has 30 heavy (non-hydrogen) atoms. The fourth-order valence-electron chi connectivity index (χ4n) is 5.15. The molecule has 0 radical (unpaired) electrons. The molecule has 0 unspecified atom stereocenters. The average Bonchev–Trinajstić information content (AvgIpc) is 3.44. The minimum atomic E-state index is -0.702. The number of pyridine rings is 1. The van der Waals surface area contributed by atoms with Gasteiger partial charge in [0, 0.05) is 31.9 Å². The van der Waals surface area contributed by atoms with Crippen LogP contribution in [-0.4, -0.2) is 34.8 Å². The van der Waals surface area contributed by atoms with E-state index in [1.807, 2.05) is 29.2 Å². The van der Waals surface area contributed by atoms with Crippen molar-refractivity contribution < 1.29 is 9.59 Å². The number of hydrogen-bond donors (Lipinski definition) is 1. The summed E-state index contributed by atoms with van der Waals surface area (Å²) in [6, 6.07) is 12.1. The van der Waals surface area contributed by atoms with E-state index in [-0.39, 0.29) is 11.8 Å². The predicted molar refractivity (Wildman–Crippen MR) is 117 cm³/mol. The Bertz CT molecular complexity index is 892. The van der Waals surface area contributed by atoms with Gasteiger partial charge in [-0.2, -0.15) is 0 Å². The second-order valence-electron chi connectivity index (χ2n) is 8.97. The highest BCUT2D eigenvalue weighted by Gasteiger charge is 2.45. The van der Waals surface area contributed by atoms with Crippen molar-refractivity contribution in [2.75, 3.05) is 13.1 Å². The maximum absolute atomic E-state index is 12.8. The van der Waals surface area contributed by atoms with Crippen LogP contribution in [0.15, 0.2) is 48.8 Å². The summed E-state index contributed by atoms with van der Waals surface area (Å²) in [7, 11) is 0. The summed E-state index contributed by atoms with van der Waals surface area (Å²) in [5, 5.41) is 0. The third-order valence-corrected chi connectivity index (χ3v) is 7.01. The minimum Gasteiger partial charge on any atom is -0.369 e. The number of rotatable bonds is 7. The number of benzene rings is 1. The Labute approximate surface area is 178 Å². The summed E-state index contributed by atoms with van der Waals surface area (Å²) < 4.78 is 0. The molecular formula is C25H31N3O2. The highest BCUT2D eigenvalue weighted by atomic mass is 16.2. The zero-order valence-corrected chi connectivity index (χ0v) is 17.6. The fraction of sp³-hybridized carbons (Fsp3) is 0.480. The second kappa shape index (κ2) is 8.99. The Kier molecular flexibility index (Phi) is 6.16. The summed E-state index contributed by atoms with van der Waals surface area (Å²) in [6.07, 6.45) is 11.4. The molecule has 1 saturated carbocycles. The smallest absolute Gasteiger partial charge is 0.225 e. The Morgan fingerprint density at radius 1 is 1.10 bits per heavy atom. The van der Waals surface area contributed by atoms with Gasteiger partial charge in [-0.25, -0.2) is 0 Å². The van der Waals surface area contributed by atoms with Crippen LogP contribution in [-0.2, 0) is 16.0 Å². The normalized spacial score (nSPS) is 21.8. The van der Waals surface area contributed by atoms with Crippen LogP contribution in [0.2, 0.25) is 0 Å². The van der Waals surface area contributed by atoms with Crippen LogP contribution < -0.4 is 5.73 Å². The number of primary amides is 1. The lowest BCUT2D eigenvalue weighted by Crippen LogP contribution is -2.42. The lowest BCUT2D eigenvalue weighted by molar-refractivity contribution is -0.132. The van der Waals surface area contributed by atoms with E-state index in [0.717, 1.165) is 23.1 Å². The molecule has 2 N–H and O–H groups in total. The molecule has 2 fully saturated rings. The molecular weight excluding hydrogens is 374 g/mol. The molecule has 1 atom stereocenters. The monoisotopic (exact) mass is 405 g/mol. The molecule has 1 aromatic carbocycles. The highest BCUT2D eigenvalue weighted by Crippen LogP contribution is 2.37. The van der Waals surface area contributed by atoms with E-state index < -0.39 is 5.41 Å². The van der Waals surface area contributed by atoms with Crippen LogP contribution in [0.1, 0.15) is 50.5 Å². The summed E-state index contributed by atoms with van der Waals surface area (Å²) in [4.78, 5) is 31.4. The number of nitrogens with two attached hydrogens (primary N) is 1. The first-order valence-electron chi connectivity index (χ1n) is 11.1. The van der Waals surface area contributed by atoms with Gasteiger partial charge in [0.25, 0.3) is 0 Å². The Morgan fingerprint density at radius 3 is 2.57 bits per heavy atom. The van der Waals surface area contributed by atoms with Gasteiger partial charge in [-0.15, -0.1) is 0 Å². The van der Waals surface area contributed by atoms with Crippen molar-refractivity contribution in [3.8, 4) is 11.1 Å². The van der Waals surface area contributed by atoms with Crippen molar-refractivity contribution in [3.63, 3.8) is 0 Å². The lowest BCUT2D eigenvalue weighted by Gasteiger charge is -2.27. The van der Waals surface area contributed by atoms with Gasteiger partial charge < -0.3 is 10.6 Å². The van der Waals surface area contributed by atoms with Crippen molar-refractivity contribution >= 4 is 11.8 Å². The van der Waals surface area contributed by atoms with Crippen molar-refractivity contribution in [1.82, 2.24) is 9.88 Å². The molecule has 1 aliphatic heterocycles. The molecule has 2 aromatic rings. The first kappa shape index (κ1) is 20.6. The lowest BCUT2D eigenvalue weighted by atomic mass is 9.78. The van der Waals surface area contributed by atoms with E-state index in [1.54, 1.807) is 12.4 Å². The van der Waals surface area contributed by atoms with E-state index in [0.29, 0.717) is 38.3 Å². The van der Waals surface area contributed by atoms with Gasteiger partial charge in [-0.1, -0.05) is 49.9 Å². The molecule has 0 bridgehead atoms. The molecule has 158 valence electrons. The SMILES string of the molecule is NC(=O)[C@]1(Cc2ccccc2-c2ccncc2)CCN(C(=O)CCC2CCCC2)C1. The minimum absolute atomic E-state index is 0.174. The summed E-state index contributed by atoms with van der Waals surface area (Å²) >= 11 is 0. The standard InChI is InChI=1S/C25H31N3O2/c26-24(30)25(13-16-28(18-25)23(29)10-9-19-5-1-2-6-19)17-21-7-3-4-8-22(21)20-11-14-27-15-12-20/h3-4,7-8,11-12,14-15,19H,1-2,5-6,9-10,13,16-18H2,(H2,26,30)/t25-/m0/s1. The molecule has 5 heteroatoms. The first-order chi connectivity index (χ1) is 14.6. The number of aromatic nitrogens is 1. The molecule has 2 heterocycles. The Hall–Kier alpha value is -2.69. The van der Waals surface area contributed by atoms with E-state index >= 15 is 0 Å². The molecule has 4 rings (SSSR count). The zero-order valence-electron chi connectivity index (χ0n) is 17.6. The van der Waals surface area contributed by atoms with Gasteiger partial charge in [-0.3, -0.25) is 14.6 Å². The van der Waals surface area contributed by atoms with Crippen LogP contribution >= 0.6 is 0 Å². The maximum Gasteiger partial charge on any atom is 0.225 e. The van der Waals surface area contributed by atoms with E-state index in [1.165, 1.54) is 25.7 Å². The molecule has 1 aromatic heterocycles. The van der Waals surface area contributed by atoms with Crippen LogP contribution in [0.25, 0.3) is 11.1 Å².